The predicted octanol–water partition coefficient (Wildman–Crippen LogP) is 1.82. The summed E-state index contributed by atoms with van der Waals surface area (Å²) < 4.78 is 6.19. The highest BCUT2D eigenvalue weighted by molar-refractivity contribution is 5.17. The molecule has 2 nitrogen and oxygen atoms in total. The molecule has 0 N–H and O–H groups in total. The van der Waals surface area contributed by atoms with Gasteiger partial charge in [-0.05, 0) is 44.3 Å². The molecule has 0 radical (unpaired) electrons. The molecule has 2 heteroatoms. The van der Waals surface area contributed by atoms with Gasteiger partial charge in [0.15, 0.2) is 0 Å². The molecule has 14 heavy (non-hydrogen) atoms. The van der Waals surface area contributed by atoms with E-state index >= 15 is 0 Å². The maximum Gasteiger partial charge on any atom is 0.0883 e. The lowest BCUT2D eigenvalue weighted by molar-refractivity contribution is -0.140. The van der Waals surface area contributed by atoms with Crippen molar-refractivity contribution in [3.8, 4) is 0 Å². The van der Waals surface area contributed by atoms with Gasteiger partial charge in [-0.1, -0.05) is 6.58 Å². The minimum atomic E-state index is 0.160. The Morgan fingerprint density at radius 1 is 1.43 bits per heavy atom. The maximum absolute atomic E-state index is 6.19. The normalized spacial score (nSPS) is 51.8. The van der Waals surface area contributed by atoms with Gasteiger partial charge in [0, 0.05) is 13.0 Å². The van der Waals surface area contributed by atoms with Crippen LogP contribution in [0.25, 0.3) is 0 Å². The van der Waals surface area contributed by atoms with Crippen LogP contribution in [-0.4, -0.2) is 36.2 Å². The molecule has 2 atom stereocenters. The summed E-state index contributed by atoms with van der Waals surface area (Å²) in [6, 6.07) is 0. The van der Waals surface area contributed by atoms with E-state index in [0.29, 0.717) is 0 Å². The highest BCUT2D eigenvalue weighted by Gasteiger charge is 2.52. The van der Waals surface area contributed by atoms with Crippen LogP contribution in [0.15, 0.2) is 12.2 Å². The van der Waals surface area contributed by atoms with Gasteiger partial charge in [0.25, 0.3) is 0 Å². The maximum atomic E-state index is 6.19. The summed E-state index contributed by atoms with van der Waals surface area (Å²) in [6.45, 7) is 10.0. The van der Waals surface area contributed by atoms with Crippen LogP contribution in [0.1, 0.15) is 26.2 Å². The largest absolute Gasteiger partial charge is 0.366 e. The molecule has 0 aliphatic carbocycles. The Balaban J connectivity index is 1.87. The van der Waals surface area contributed by atoms with E-state index < -0.39 is 0 Å². The third-order valence-corrected chi connectivity index (χ3v) is 4.34. The number of fused-ring (bicyclic) bond motifs is 2. The first-order chi connectivity index (χ1) is 6.70. The molecule has 4 aliphatic rings. The van der Waals surface area contributed by atoms with Crippen molar-refractivity contribution < 1.29 is 4.74 Å². The zero-order valence-corrected chi connectivity index (χ0v) is 8.96. The molecule has 4 fully saturated rings. The summed E-state index contributed by atoms with van der Waals surface area (Å²) in [7, 11) is 0. The van der Waals surface area contributed by atoms with Crippen LogP contribution in [0.4, 0.5) is 0 Å². The molecule has 78 valence electrons. The second-order valence-electron chi connectivity index (χ2n) is 5.21. The van der Waals surface area contributed by atoms with Crippen molar-refractivity contribution in [1.82, 2.24) is 4.90 Å². The van der Waals surface area contributed by atoms with Crippen molar-refractivity contribution in [2.24, 2.45) is 5.92 Å². The Kier molecular flexibility index (Phi) is 1.80. The van der Waals surface area contributed by atoms with Crippen LogP contribution in [0.3, 0.4) is 0 Å². The molecule has 1 spiro atoms. The standard InChI is InChI=1S/C12H19NO/c1-9-7-12(14-10(9)2)8-13-5-3-11(12)4-6-13/h10-11H,1,3-8H2,2H3. The lowest BCUT2D eigenvalue weighted by Crippen LogP contribution is -2.58. The fourth-order valence-electron chi connectivity index (χ4n) is 3.46. The Bertz CT molecular complexity index is 267. The quantitative estimate of drug-likeness (QED) is 0.544. The van der Waals surface area contributed by atoms with Gasteiger partial charge < -0.3 is 9.64 Å². The fourth-order valence-corrected chi connectivity index (χ4v) is 3.46. The summed E-state index contributed by atoms with van der Waals surface area (Å²) in [5, 5.41) is 0. The van der Waals surface area contributed by atoms with E-state index in [1.54, 1.807) is 0 Å². The summed E-state index contributed by atoms with van der Waals surface area (Å²) in [5.41, 5.74) is 1.46. The predicted molar refractivity (Wildman–Crippen MR) is 56.2 cm³/mol. The summed E-state index contributed by atoms with van der Waals surface area (Å²) >= 11 is 0. The number of piperidine rings is 3. The topological polar surface area (TPSA) is 12.5 Å². The first-order valence-corrected chi connectivity index (χ1v) is 5.77. The number of nitrogens with zero attached hydrogens (tertiary/aromatic N) is 1. The third kappa shape index (κ3) is 1.10. The van der Waals surface area contributed by atoms with Crippen LogP contribution in [0, 0.1) is 5.92 Å². The highest BCUT2D eigenvalue weighted by Crippen LogP contribution is 2.47. The minimum Gasteiger partial charge on any atom is -0.366 e. The van der Waals surface area contributed by atoms with Crippen LogP contribution in [-0.2, 0) is 4.74 Å². The van der Waals surface area contributed by atoms with Gasteiger partial charge in [-0.3, -0.25) is 0 Å². The molecule has 2 unspecified atom stereocenters. The average molecular weight is 193 g/mol. The Hall–Kier alpha value is -0.340. The van der Waals surface area contributed by atoms with Crippen molar-refractivity contribution in [2.45, 2.75) is 37.9 Å². The molecular formula is C12H19NO. The van der Waals surface area contributed by atoms with Gasteiger partial charge in [-0.25, -0.2) is 0 Å². The van der Waals surface area contributed by atoms with Gasteiger partial charge in [0.05, 0.1) is 11.7 Å². The lowest BCUT2D eigenvalue weighted by Gasteiger charge is -2.51. The third-order valence-electron chi connectivity index (χ3n) is 4.34. The SMILES string of the molecule is C=C1CC2(CN3CCC2CC3)OC1C. The second kappa shape index (κ2) is 2.83. The van der Waals surface area contributed by atoms with E-state index in [1.807, 2.05) is 0 Å². The molecular weight excluding hydrogens is 174 g/mol. The van der Waals surface area contributed by atoms with Gasteiger partial charge in [0.1, 0.15) is 0 Å². The van der Waals surface area contributed by atoms with E-state index in [0.717, 1.165) is 18.9 Å². The second-order valence-corrected chi connectivity index (χ2v) is 5.21. The molecule has 4 saturated heterocycles. The zero-order chi connectivity index (χ0) is 9.76. The van der Waals surface area contributed by atoms with E-state index in [1.165, 1.54) is 31.5 Å². The number of rotatable bonds is 0. The molecule has 0 saturated carbocycles. The van der Waals surface area contributed by atoms with Crippen LogP contribution >= 0.6 is 0 Å². The van der Waals surface area contributed by atoms with Gasteiger partial charge >= 0.3 is 0 Å². The number of hydrogen-bond donors (Lipinski definition) is 0. The molecule has 0 aromatic rings. The van der Waals surface area contributed by atoms with Gasteiger partial charge in [-0.2, -0.15) is 0 Å². The summed E-state index contributed by atoms with van der Waals surface area (Å²) in [5.74, 6) is 0.800. The Morgan fingerprint density at radius 2 is 2.14 bits per heavy atom. The van der Waals surface area contributed by atoms with E-state index in [2.05, 4.69) is 18.4 Å². The molecule has 2 bridgehead atoms. The van der Waals surface area contributed by atoms with Crippen molar-refractivity contribution in [2.75, 3.05) is 19.6 Å². The highest BCUT2D eigenvalue weighted by atomic mass is 16.5. The van der Waals surface area contributed by atoms with Crippen LogP contribution < -0.4 is 0 Å². The first-order valence-electron chi connectivity index (χ1n) is 5.77. The van der Waals surface area contributed by atoms with Crippen LogP contribution in [0.5, 0.6) is 0 Å². The van der Waals surface area contributed by atoms with Crippen LogP contribution in [0.2, 0.25) is 0 Å². The van der Waals surface area contributed by atoms with Crippen molar-refractivity contribution >= 4 is 0 Å². The van der Waals surface area contributed by atoms with Gasteiger partial charge in [-0.15, -0.1) is 0 Å². The summed E-state index contributed by atoms with van der Waals surface area (Å²) in [6.07, 6.45) is 4.06. The van der Waals surface area contributed by atoms with E-state index in [9.17, 15) is 0 Å². The monoisotopic (exact) mass is 193 g/mol. The molecule has 0 aromatic carbocycles. The van der Waals surface area contributed by atoms with Crippen molar-refractivity contribution in [3.05, 3.63) is 12.2 Å². The minimum absolute atomic E-state index is 0.160. The van der Waals surface area contributed by atoms with Gasteiger partial charge in [0.2, 0.25) is 0 Å². The molecule has 4 heterocycles. The van der Waals surface area contributed by atoms with Crippen molar-refractivity contribution in [1.29, 1.82) is 0 Å². The molecule has 4 aliphatic heterocycles. The van der Waals surface area contributed by atoms with E-state index in [4.69, 9.17) is 4.74 Å². The zero-order valence-electron chi connectivity index (χ0n) is 8.96. The average Bonchev–Trinajstić information content (AvgIpc) is 2.43. The molecule has 4 rings (SSSR count). The smallest absolute Gasteiger partial charge is 0.0883 e. The fraction of sp³-hybridized carbons (Fsp3) is 0.833. The molecule has 0 aromatic heterocycles. The Labute approximate surface area is 85.9 Å². The lowest BCUT2D eigenvalue weighted by atomic mass is 9.73. The number of hydrogen-bond acceptors (Lipinski definition) is 2. The van der Waals surface area contributed by atoms with Crippen molar-refractivity contribution in [3.63, 3.8) is 0 Å². The Morgan fingerprint density at radius 3 is 2.57 bits per heavy atom. The first kappa shape index (κ1) is 8.93. The van der Waals surface area contributed by atoms with E-state index in [-0.39, 0.29) is 11.7 Å². The summed E-state index contributed by atoms with van der Waals surface area (Å²) in [4.78, 5) is 2.56. The number of ether oxygens (including phenoxy) is 1. The molecule has 0 amide bonds.